The predicted molar refractivity (Wildman–Crippen MR) is 78.7 cm³/mol. The number of anilines is 1. The maximum absolute atomic E-state index is 10.6. The summed E-state index contributed by atoms with van der Waals surface area (Å²) in [4.78, 5) is 11.2. The first kappa shape index (κ1) is 13.5. The molecule has 0 unspecified atom stereocenters. The number of benzene rings is 1. The van der Waals surface area contributed by atoms with Gasteiger partial charge in [-0.25, -0.2) is 0 Å². The number of nitrogens with one attached hydrogen (secondary N) is 1. The van der Waals surface area contributed by atoms with Gasteiger partial charge in [-0.3, -0.25) is 10.1 Å². The molecule has 0 spiro atoms. The average Bonchev–Trinajstić information content (AvgIpc) is 2.87. The van der Waals surface area contributed by atoms with Crippen LogP contribution in [-0.4, -0.2) is 4.92 Å². The zero-order valence-corrected chi connectivity index (χ0v) is 11.6. The van der Waals surface area contributed by atoms with Crippen molar-refractivity contribution in [3.8, 4) is 0 Å². The number of hydrogen-bond donors (Lipinski definition) is 1. The Morgan fingerprint density at radius 1 is 1.26 bits per heavy atom. The molecule has 1 N–H and O–H groups in total. The first-order valence-corrected chi connectivity index (χ1v) is 7.07. The highest BCUT2D eigenvalue weighted by Gasteiger charge is 2.09. The molecule has 0 saturated carbocycles. The average molecular weight is 276 g/mol. The zero-order valence-electron chi connectivity index (χ0n) is 10.8. The predicted octanol–water partition coefficient (Wildman–Crippen LogP) is 4.22. The lowest BCUT2D eigenvalue weighted by Crippen LogP contribution is -2.00. The van der Waals surface area contributed by atoms with Crippen molar-refractivity contribution in [2.75, 3.05) is 5.32 Å². The van der Waals surface area contributed by atoms with Crippen LogP contribution in [0.2, 0.25) is 0 Å². The number of rotatable bonds is 6. The summed E-state index contributed by atoms with van der Waals surface area (Å²) in [5, 5.41) is 14.2. The Morgan fingerprint density at radius 3 is 2.74 bits per heavy atom. The van der Waals surface area contributed by atoms with Crippen molar-refractivity contribution < 1.29 is 4.92 Å². The first-order chi connectivity index (χ1) is 9.20. The largest absolute Gasteiger partial charge is 0.380 e. The Hall–Kier alpha value is -1.88. The third-order valence-corrected chi connectivity index (χ3v) is 3.85. The van der Waals surface area contributed by atoms with Crippen LogP contribution < -0.4 is 5.32 Å². The minimum atomic E-state index is -0.348. The van der Waals surface area contributed by atoms with E-state index in [2.05, 4.69) is 18.3 Å². The Bertz CT molecular complexity index is 566. The second kappa shape index (κ2) is 6.33. The van der Waals surface area contributed by atoms with Gasteiger partial charge in [0.2, 0.25) is 0 Å². The van der Waals surface area contributed by atoms with Crippen molar-refractivity contribution in [3.63, 3.8) is 0 Å². The number of para-hydroxylation sites is 1. The third kappa shape index (κ3) is 3.54. The van der Waals surface area contributed by atoms with Crippen LogP contribution in [0.15, 0.2) is 36.4 Å². The van der Waals surface area contributed by atoms with Gasteiger partial charge in [0.05, 0.1) is 4.92 Å². The highest BCUT2D eigenvalue weighted by molar-refractivity contribution is 7.15. The molecule has 0 atom stereocenters. The number of thiophene rings is 1. The van der Waals surface area contributed by atoms with Crippen LogP contribution in [-0.2, 0) is 13.0 Å². The Labute approximate surface area is 116 Å². The summed E-state index contributed by atoms with van der Waals surface area (Å²) in [6, 6.07) is 11.6. The quantitative estimate of drug-likeness (QED) is 0.634. The van der Waals surface area contributed by atoms with Crippen molar-refractivity contribution >= 4 is 22.0 Å². The van der Waals surface area contributed by atoms with Crippen LogP contribution in [0.3, 0.4) is 0 Å². The highest BCUT2D eigenvalue weighted by atomic mass is 32.1. The third-order valence-electron chi connectivity index (χ3n) is 2.82. The maximum atomic E-state index is 10.6. The molecular weight excluding hydrogens is 260 g/mol. The van der Waals surface area contributed by atoms with Crippen molar-refractivity contribution in [2.24, 2.45) is 0 Å². The van der Waals surface area contributed by atoms with Crippen molar-refractivity contribution in [1.82, 2.24) is 0 Å². The van der Waals surface area contributed by atoms with Gasteiger partial charge in [0.1, 0.15) is 0 Å². The van der Waals surface area contributed by atoms with Crippen molar-refractivity contribution in [3.05, 3.63) is 57.0 Å². The van der Waals surface area contributed by atoms with Crippen molar-refractivity contribution in [2.45, 2.75) is 26.3 Å². The van der Waals surface area contributed by atoms with E-state index in [9.17, 15) is 10.1 Å². The van der Waals surface area contributed by atoms with E-state index in [0.717, 1.165) is 23.4 Å². The van der Waals surface area contributed by atoms with Gasteiger partial charge in [0, 0.05) is 23.2 Å². The SMILES string of the molecule is CCCc1ccccc1NCc1ccc([N+](=O)[O-])s1. The molecule has 0 saturated heterocycles. The Kier molecular flexibility index (Phi) is 4.52. The summed E-state index contributed by atoms with van der Waals surface area (Å²) in [6.45, 7) is 2.78. The molecule has 0 aliphatic carbocycles. The van der Waals surface area contributed by atoms with E-state index in [1.807, 2.05) is 18.2 Å². The molecule has 5 heteroatoms. The maximum Gasteiger partial charge on any atom is 0.324 e. The molecular formula is C14H16N2O2S. The lowest BCUT2D eigenvalue weighted by Gasteiger charge is -2.10. The fraction of sp³-hybridized carbons (Fsp3) is 0.286. The molecule has 2 rings (SSSR count). The summed E-state index contributed by atoms with van der Waals surface area (Å²) in [7, 11) is 0. The van der Waals surface area contributed by atoms with E-state index >= 15 is 0 Å². The van der Waals surface area contributed by atoms with E-state index < -0.39 is 0 Å². The van der Waals surface area contributed by atoms with Gasteiger partial charge >= 0.3 is 5.00 Å². The summed E-state index contributed by atoms with van der Waals surface area (Å²) < 4.78 is 0. The second-order valence-corrected chi connectivity index (χ2v) is 5.40. The van der Waals surface area contributed by atoms with Gasteiger partial charge in [0.15, 0.2) is 0 Å². The van der Waals surface area contributed by atoms with Crippen LogP contribution in [0.1, 0.15) is 23.8 Å². The minimum absolute atomic E-state index is 0.193. The van der Waals surface area contributed by atoms with Gasteiger partial charge in [-0.15, -0.1) is 0 Å². The van der Waals surface area contributed by atoms with Gasteiger partial charge in [0.25, 0.3) is 0 Å². The molecule has 0 amide bonds. The first-order valence-electron chi connectivity index (χ1n) is 6.25. The molecule has 2 aromatic rings. The molecule has 0 aliphatic rings. The van der Waals surface area contributed by atoms with Crippen LogP contribution in [0, 0.1) is 10.1 Å². The van der Waals surface area contributed by atoms with Gasteiger partial charge in [-0.2, -0.15) is 0 Å². The van der Waals surface area contributed by atoms with E-state index in [1.54, 1.807) is 12.1 Å². The van der Waals surface area contributed by atoms with Gasteiger partial charge < -0.3 is 5.32 Å². The molecule has 0 bridgehead atoms. The lowest BCUT2D eigenvalue weighted by atomic mass is 10.1. The monoisotopic (exact) mass is 276 g/mol. The molecule has 1 heterocycles. The number of hydrogen-bond acceptors (Lipinski definition) is 4. The lowest BCUT2D eigenvalue weighted by molar-refractivity contribution is -0.380. The topological polar surface area (TPSA) is 55.2 Å². The smallest absolute Gasteiger partial charge is 0.324 e. The van der Waals surface area contributed by atoms with E-state index in [0.29, 0.717) is 6.54 Å². The highest BCUT2D eigenvalue weighted by Crippen LogP contribution is 2.25. The fourth-order valence-electron chi connectivity index (χ4n) is 1.92. The summed E-state index contributed by atoms with van der Waals surface area (Å²) in [5.41, 5.74) is 2.40. The van der Waals surface area contributed by atoms with Gasteiger partial charge in [-0.05, 0) is 24.1 Å². The van der Waals surface area contributed by atoms with Crippen LogP contribution in [0.25, 0.3) is 0 Å². The van der Waals surface area contributed by atoms with Crippen LogP contribution in [0.5, 0.6) is 0 Å². The summed E-state index contributed by atoms with van der Waals surface area (Å²) in [6.07, 6.45) is 2.14. The van der Waals surface area contributed by atoms with Crippen LogP contribution in [0.4, 0.5) is 10.7 Å². The Morgan fingerprint density at radius 2 is 2.05 bits per heavy atom. The van der Waals surface area contributed by atoms with E-state index in [4.69, 9.17) is 0 Å². The minimum Gasteiger partial charge on any atom is -0.380 e. The number of aryl methyl sites for hydroxylation is 1. The van der Waals surface area contributed by atoms with Gasteiger partial charge in [-0.1, -0.05) is 42.9 Å². The molecule has 0 fully saturated rings. The molecule has 1 aromatic heterocycles. The normalized spacial score (nSPS) is 10.4. The van der Waals surface area contributed by atoms with E-state index in [-0.39, 0.29) is 9.92 Å². The van der Waals surface area contributed by atoms with Crippen molar-refractivity contribution in [1.29, 1.82) is 0 Å². The standard InChI is InChI=1S/C14H16N2O2S/c1-2-5-11-6-3-4-7-13(11)15-10-12-8-9-14(19-12)16(17)18/h3-4,6-9,15H,2,5,10H2,1H3. The molecule has 0 radical (unpaired) electrons. The van der Waals surface area contributed by atoms with E-state index in [1.165, 1.54) is 16.9 Å². The molecule has 19 heavy (non-hydrogen) atoms. The molecule has 100 valence electrons. The Balaban J connectivity index is 2.03. The number of nitro groups is 1. The molecule has 0 aliphatic heterocycles. The molecule has 1 aromatic carbocycles. The fourth-order valence-corrected chi connectivity index (χ4v) is 2.68. The van der Waals surface area contributed by atoms with Crippen LogP contribution >= 0.6 is 11.3 Å². The second-order valence-electron chi connectivity index (χ2n) is 4.26. The molecule has 4 nitrogen and oxygen atoms in total. The summed E-state index contributed by atoms with van der Waals surface area (Å²) >= 11 is 1.22. The zero-order chi connectivity index (χ0) is 13.7. The summed E-state index contributed by atoms with van der Waals surface area (Å²) in [5.74, 6) is 0. The number of nitrogens with zero attached hydrogens (tertiary/aromatic N) is 1.